The Bertz CT molecular complexity index is 733. The first-order valence-electron chi connectivity index (χ1n) is 7.16. The summed E-state index contributed by atoms with van der Waals surface area (Å²) in [6, 6.07) is 8.57. The average molecular weight is 338 g/mol. The molecule has 0 saturated carbocycles. The number of rotatable bonds is 2. The summed E-state index contributed by atoms with van der Waals surface area (Å²) in [6.45, 7) is 2.06. The highest BCUT2D eigenvalue weighted by atomic mass is 35.5. The molecule has 3 rings (SSSR count). The standard InChI is InChI=1S/C16H14ClF2N3O/c17-12-10-11(4-5-13(12)18)16(23)22-8-6-21(7-9-22)15-3-1-2-14(19)20-15/h1-5,10H,6-9H2. The molecule has 1 saturated heterocycles. The average Bonchev–Trinajstić information content (AvgIpc) is 2.57. The van der Waals surface area contributed by atoms with Crippen molar-refractivity contribution in [2.24, 2.45) is 0 Å². The summed E-state index contributed by atoms with van der Waals surface area (Å²) < 4.78 is 26.3. The lowest BCUT2D eigenvalue weighted by Crippen LogP contribution is -2.49. The zero-order chi connectivity index (χ0) is 16.4. The van der Waals surface area contributed by atoms with E-state index in [0.29, 0.717) is 37.6 Å². The first-order chi connectivity index (χ1) is 11.0. The van der Waals surface area contributed by atoms with Gasteiger partial charge in [0.15, 0.2) is 0 Å². The molecule has 23 heavy (non-hydrogen) atoms. The van der Waals surface area contributed by atoms with Crippen LogP contribution in [0, 0.1) is 11.8 Å². The lowest BCUT2D eigenvalue weighted by Gasteiger charge is -2.35. The minimum Gasteiger partial charge on any atom is -0.353 e. The Labute approximate surface area is 137 Å². The van der Waals surface area contributed by atoms with Crippen molar-refractivity contribution in [3.05, 3.63) is 58.7 Å². The zero-order valence-electron chi connectivity index (χ0n) is 12.2. The molecule has 0 unspecified atom stereocenters. The van der Waals surface area contributed by atoms with Crippen LogP contribution in [0.5, 0.6) is 0 Å². The van der Waals surface area contributed by atoms with Crippen molar-refractivity contribution in [2.45, 2.75) is 0 Å². The Morgan fingerprint density at radius 3 is 2.48 bits per heavy atom. The molecule has 1 aliphatic rings. The maximum absolute atomic E-state index is 13.2. The minimum atomic E-state index is -0.551. The Balaban J connectivity index is 1.66. The smallest absolute Gasteiger partial charge is 0.254 e. The lowest BCUT2D eigenvalue weighted by molar-refractivity contribution is 0.0746. The molecule has 0 aliphatic carbocycles. The normalized spacial score (nSPS) is 14.9. The van der Waals surface area contributed by atoms with Gasteiger partial charge in [0.05, 0.1) is 5.02 Å². The number of piperazine rings is 1. The van der Waals surface area contributed by atoms with E-state index < -0.39 is 11.8 Å². The molecule has 0 bridgehead atoms. The third-order valence-electron chi connectivity index (χ3n) is 3.76. The van der Waals surface area contributed by atoms with Crippen molar-refractivity contribution < 1.29 is 13.6 Å². The molecule has 2 heterocycles. The van der Waals surface area contributed by atoms with Crippen LogP contribution in [0.1, 0.15) is 10.4 Å². The van der Waals surface area contributed by atoms with E-state index in [0.717, 1.165) is 0 Å². The topological polar surface area (TPSA) is 36.4 Å². The summed E-state index contributed by atoms with van der Waals surface area (Å²) in [6.07, 6.45) is 0. The van der Waals surface area contributed by atoms with Gasteiger partial charge in [-0.2, -0.15) is 4.39 Å². The zero-order valence-corrected chi connectivity index (χ0v) is 12.9. The molecule has 0 spiro atoms. The second-order valence-corrected chi connectivity index (χ2v) is 5.63. The molecule has 0 atom stereocenters. The summed E-state index contributed by atoms with van der Waals surface area (Å²) in [5.74, 6) is -0.715. The summed E-state index contributed by atoms with van der Waals surface area (Å²) in [5, 5.41) is -0.0709. The summed E-state index contributed by atoms with van der Waals surface area (Å²) >= 11 is 5.72. The monoisotopic (exact) mass is 337 g/mol. The molecule has 2 aromatic rings. The quantitative estimate of drug-likeness (QED) is 0.791. The highest BCUT2D eigenvalue weighted by Gasteiger charge is 2.23. The van der Waals surface area contributed by atoms with Gasteiger partial charge in [-0.05, 0) is 30.3 Å². The first kappa shape index (κ1) is 15.7. The van der Waals surface area contributed by atoms with Gasteiger partial charge in [-0.3, -0.25) is 4.79 Å². The second kappa shape index (κ2) is 6.50. The lowest BCUT2D eigenvalue weighted by atomic mass is 10.1. The van der Waals surface area contributed by atoms with Gasteiger partial charge in [-0.25, -0.2) is 9.37 Å². The predicted octanol–water partition coefficient (Wildman–Crippen LogP) is 2.98. The molecular weight excluding hydrogens is 324 g/mol. The maximum atomic E-state index is 13.2. The van der Waals surface area contributed by atoms with Crippen LogP contribution in [0.25, 0.3) is 0 Å². The first-order valence-corrected chi connectivity index (χ1v) is 7.54. The highest BCUT2D eigenvalue weighted by molar-refractivity contribution is 6.31. The van der Waals surface area contributed by atoms with Gasteiger partial charge in [0, 0.05) is 31.7 Å². The van der Waals surface area contributed by atoms with Crippen molar-refractivity contribution in [2.75, 3.05) is 31.1 Å². The molecule has 120 valence electrons. The van der Waals surface area contributed by atoms with Crippen LogP contribution in [0.2, 0.25) is 5.02 Å². The van der Waals surface area contributed by atoms with Gasteiger partial charge in [-0.15, -0.1) is 0 Å². The molecule has 0 N–H and O–H groups in total. The number of halogens is 3. The van der Waals surface area contributed by atoms with E-state index in [4.69, 9.17) is 11.6 Å². The van der Waals surface area contributed by atoms with E-state index in [1.807, 2.05) is 4.90 Å². The fraction of sp³-hybridized carbons (Fsp3) is 0.250. The Kier molecular flexibility index (Phi) is 4.43. The number of hydrogen-bond donors (Lipinski definition) is 0. The van der Waals surface area contributed by atoms with Gasteiger partial charge in [0.1, 0.15) is 11.6 Å². The third-order valence-corrected chi connectivity index (χ3v) is 4.05. The highest BCUT2D eigenvalue weighted by Crippen LogP contribution is 2.19. The molecule has 1 aromatic carbocycles. The van der Waals surface area contributed by atoms with E-state index in [1.54, 1.807) is 17.0 Å². The predicted molar refractivity (Wildman–Crippen MR) is 83.7 cm³/mol. The van der Waals surface area contributed by atoms with E-state index in [1.165, 1.54) is 24.3 Å². The van der Waals surface area contributed by atoms with E-state index in [-0.39, 0.29) is 10.9 Å². The number of amides is 1. The van der Waals surface area contributed by atoms with Gasteiger partial charge < -0.3 is 9.80 Å². The van der Waals surface area contributed by atoms with Crippen molar-refractivity contribution in [1.29, 1.82) is 0 Å². The fourth-order valence-corrected chi connectivity index (χ4v) is 2.70. The van der Waals surface area contributed by atoms with Crippen molar-refractivity contribution >= 4 is 23.3 Å². The molecular formula is C16H14ClF2N3O. The number of nitrogens with zero attached hydrogens (tertiary/aromatic N) is 3. The number of pyridine rings is 1. The van der Waals surface area contributed by atoms with Crippen molar-refractivity contribution in [1.82, 2.24) is 9.88 Å². The van der Waals surface area contributed by atoms with Crippen LogP contribution in [0.4, 0.5) is 14.6 Å². The molecule has 7 heteroatoms. The Morgan fingerprint density at radius 1 is 1.09 bits per heavy atom. The Hall–Kier alpha value is -2.21. The third kappa shape index (κ3) is 3.42. The largest absolute Gasteiger partial charge is 0.353 e. The Morgan fingerprint density at radius 2 is 1.83 bits per heavy atom. The number of aromatic nitrogens is 1. The fourth-order valence-electron chi connectivity index (χ4n) is 2.52. The second-order valence-electron chi connectivity index (χ2n) is 5.23. The van der Waals surface area contributed by atoms with Crippen LogP contribution >= 0.6 is 11.6 Å². The number of carbonyl (C=O) groups excluding carboxylic acids is 1. The summed E-state index contributed by atoms with van der Waals surface area (Å²) in [4.78, 5) is 19.8. The van der Waals surface area contributed by atoms with Crippen LogP contribution in [-0.2, 0) is 0 Å². The van der Waals surface area contributed by atoms with Crippen LogP contribution in [-0.4, -0.2) is 42.0 Å². The van der Waals surface area contributed by atoms with Crippen LogP contribution in [0.15, 0.2) is 36.4 Å². The molecule has 1 fully saturated rings. The molecule has 1 aromatic heterocycles. The number of carbonyl (C=O) groups is 1. The van der Waals surface area contributed by atoms with E-state index >= 15 is 0 Å². The molecule has 1 aliphatic heterocycles. The van der Waals surface area contributed by atoms with Crippen LogP contribution < -0.4 is 4.90 Å². The van der Waals surface area contributed by atoms with Crippen molar-refractivity contribution in [3.63, 3.8) is 0 Å². The van der Waals surface area contributed by atoms with Crippen LogP contribution in [0.3, 0.4) is 0 Å². The number of anilines is 1. The van der Waals surface area contributed by atoms with Crippen molar-refractivity contribution in [3.8, 4) is 0 Å². The van der Waals surface area contributed by atoms with Gasteiger partial charge in [-0.1, -0.05) is 17.7 Å². The molecule has 1 amide bonds. The van der Waals surface area contributed by atoms with E-state index in [9.17, 15) is 13.6 Å². The van der Waals surface area contributed by atoms with Gasteiger partial charge >= 0.3 is 0 Å². The summed E-state index contributed by atoms with van der Waals surface area (Å²) in [7, 11) is 0. The maximum Gasteiger partial charge on any atom is 0.254 e. The number of benzene rings is 1. The van der Waals surface area contributed by atoms with E-state index in [2.05, 4.69) is 4.98 Å². The van der Waals surface area contributed by atoms with Gasteiger partial charge in [0.25, 0.3) is 5.91 Å². The SMILES string of the molecule is O=C(c1ccc(F)c(Cl)c1)N1CCN(c2cccc(F)n2)CC1. The minimum absolute atomic E-state index is 0.0709. The molecule has 0 radical (unpaired) electrons. The molecule has 4 nitrogen and oxygen atoms in total. The van der Waals surface area contributed by atoms with Gasteiger partial charge in [0.2, 0.25) is 5.95 Å². The summed E-state index contributed by atoms with van der Waals surface area (Å²) in [5.41, 5.74) is 0.355. The number of hydrogen-bond acceptors (Lipinski definition) is 3.